The molecule has 0 amide bonds. The fourth-order valence-corrected chi connectivity index (χ4v) is 1.09. The van der Waals surface area contributed by atoms with E-state index in [1.165, 1.54) is 25.7 Å². The van der Waals surface area contributed by atoms with Crippen LogP contribution in [0.4, 0.5) is 4.39 Å². The first-order valence-electron chi connectivity index (χ1n) is 6.59. The molecule has 0 aliphatic heterocycles. The molecule has 0 saturated heterocycles. The average molecular weight is 231 g/mol. The van der Waals surface area contributed by atoms with E-state index in [4.69, 9.17) is 5.73 Å². The number of unbranched alkanes of at least 4 members (excludes halogenated alkanes) is 5. The Balaban J connectivity index is 0. The van der Waals surface area contributed by atoms with Crippen molar-refractivity contribution in [3.05, 3.63) is 11.9 Å². The van der Waals surface area contributed by atoms with Crippen LogP contribution in [0.5, 0.6) is 0 Å². The molecule has 0 radical (unpaired) electrons. The molecule has 1 nitrogen and oxygen atoms in total. The Labute approximate surface area is 101 Å². The topological polar surface area (TPSA) is 26.0 Å². The smallest absolute Gasteiger partial charge is 0.109 e. The Hall–Kier alpha value is -0.370. The Morgan fingerprint density at radius 3 is 2.06 bits per heavy atom. The van der Waals surface area contributed by atoms with Crippen LogP contribution >= 0.6 is 0 Å². The van der Waals surface area contributed by atoms with Crippen molar-refractivity contribution in [1.82, 2.24) is 0 Å². The van der Waals surface area contributed by atoms with Gasteiger partial charge in [0, 0.05) is 6.54 Å². The summed E-state index contributed by atoms with van der Waals surface area (Å²) in [5, 5.41) is 0. The molecule has 2 heteroatoms. The number of nitrogens with two attached hydrogens (primary N) is 1. The Morgan fingerprint density at radius 2 is 1.62 bits per heavy atom. The van der Waals surface area contributed by atoms with Crippen LogP contribution < -0.4 is 5.73 Å². The molecule has 0 spiro atoms. The summed E-state index contributed by atoms with van der Waals surface area (Å²) in [6.07, 6.45) is 8.57. The van der Waals surface area contributed by atoms with Gasteiger partial charge in [0.15, 0.2) is 0 Å². The number of hydrogen-bond donors (Lipinski definition) is 1. The molecule has 0 atom stereocenters. The maximum absolute atomic E-state index is 12.4. The molecule has 0 rings (SSSR count). The summed E-state index contributed by atoms with van der Waals surface area (Å²) in [6.45, 7) is 8.74. The minimum atomic E-state index is -0.175. The SMILES string of the molecule is CC(C)C.CCCCCCC/C=C(\F)CN. The number of halogens is 1. The van der Waals surface area contributed by atoms with Crippen molar-refractivity contribution < 1.29 is 4.39 Å². The predicted octanol–water partition coefficient (Wildman–Crippen LogP) is 4.82. The van der Waals surface area contributed by atoms with Crippen LogP contribution in [0.2, 0.25) is 0 Å². The molecular weight excluding hydrogens is 201 g/mol. The van der Waals surface area contributed by atoms with Crippen LogP contribution in [-0.2, 0) is 0 Å². The highest BCUT2D eigenvalue weighted by atomic mass is 19.1. The van der Waals surface area contributed by atoms with E-state index in [2.05, 4.69) is 27.7 Å². The summed E-state index contributed by atoms with van der Waals surface area (Å²) in [5.41, 5.74) is 5.09. The molecule has 2 N–H and O–H groups in total. The zero-order chi connectivity index (χ0) is 12.8. The number of rotatable bonds is 7. The van der Waals surface area contributed by atoms with Crippen LogP contribution in [0.15, 0.2) is 11.9 Å². The fourth-order valence-electron chi connectivity index (χ4n) is 1.09. The van der Waals surface area contributed by atoms with E-state index >= 15 is 0 Å². The van der Waals surface area contributed by atoms with E-state index in [9.17, 15) is 4.39 Å². The lowest BCUT2D eigenvalue weighted by Gasteiger charge is -1.96. The molecule has 0 aliphatic carbocycles. The quantitative estimate of drug-likeness (QED) is 0.624. The first kappa shape index (κ1) is 18.0. The molecule has 0 unspecified atom stereocenters. The second-order valence-electron chi connectivity index (χ2n) is 4.79. The van der Waals surface area contributed by atoms with Crippen molar-refractivity contribution in [2.45, 2.75) is 66.2 Å². The molecule has 0 aromatic rings. The minimum Gasteiger partial charge on any atom is -0.325 e. The highest BCUT2D eigenvalue weighted by molar-refractivity contribution is 4.92. The monoisotopic (exact) mass is 231 g/mol. The van der Waals surface area contributed by atoms with Crippen LogP contribution in [-0.4, -0.2) is 6.54 Å². The molecule has 0 fully saturated rings. The molecule has 0 aromatic carbocycles. The van der Waals surface area contributed by atoms with Crippen molar-refractivity contribution in [3.8, 4) is 0 Å². The van der Waals surface area contributed by atoms with Crippen molar-refractivity contribution in [3.63, 3.8) is 0 Å². The van der Waals surface area contributed by atoms with Gasteiger partial charge in [0.1, 0.15) is 5.83 Å². The van der Waals surface area contributed by atoms with E-state index in [1.807, 2.05) is 0 Å². The minimum absolute atomic E-state index is 0.0506. The fraction of sp³-hybridized carbons (Fsp3) is 0.857. The van der Waals surface area contributed by atoms with E-state index in [0.717, 1.165) is 18.8 Å². The first-order valence-corrected chi connectivity index (χ1v) is 6.59. The van der Waals surface area contributed by atoms with Gasteiger partial charge in [-0.15, -0.1) is 0 Å². The van der Waals surface area contributed by atoms with Gasteiger partial charge in [0.2, 0.25) is 0 Å². The molecule has 98 valence electrons. The second-order valence-corrected chi connectivity index (χ2v) is 4.79. The maximum Gasteiger partial charge on any atom is 0.109 e. The second kappa shape index (κ2) is 14.6. The molecule has 0 aliphatic rings. The number of allylic oxidation sites excluding steroid dienone is 1. The lowest BCUT2D eigenvalue weighted by molar-refractivity contribution is 0.598. The summed E-state index contributed by atoms with van der Waals surface area (Å²) in [6, 6.07) is 0. The molecule has 0 saturated carbocycles. The average Bonchev–Trinajstić information content (AvgIpc) is 2.22. The maximum atomic E-state index is 12.4. The van der Waals surface area contributed by atoms with Crippen LogP contribution in [0.3, 0.4) is 0 Å². The van der Waals surface area contributed by atoms with Gasteiger partial charge >= 0.3 is 0 Å². The standard InChI is InChI=1S/C10H20FN.C4H10/c1-2-3-4-5-6-7-8-10(11)9-12;1-4(2)3/h8H,2-7,9,12H2,1H3;4H,1-3H3/b10-8-;. The van der Waals surface area contributed by atoms with E-state index in [0.29, 0.717) is 0 Å². The van der Waals surface area contributed by atoms with Crippen molar-refractivity contribution in [2.24, 2.45) is 11.7 Å². The third-order valence-corrected chi connectivity index (χ3v) is 1.87. The summed E-state index contributed by atoms with van der Waals surface area (Å²) in [4.78, 5) is 0. The Bertz CT molecular complexity index is 150. The largest absolute Gasteiger partial charge is 0.325 e. The van der Waals surface area contributed by atoms with Crippen molar-refractivity contribution in [1.29, 1.82) is 0 Å². The van der Waals surface area contributed by atoms with Crippen LogP contribution in [0.1, 0.15) is 66.2 Å². The summed E-state index contributed by atoms with van der Waals surface area (Å²) >= 11 is 0. The Morgan fingerprint density at radius 1 is 1.12 bits per heavy atom. The first-order chi connectivity index (χ1) is 7.54. The molecule has 16 heavy (non-hydrogen) atoms. The van der Waals surface area contributed by atoms with E-state index < -0.39 is 0 Å². The highest BCUT2D eigenvalue weighted by Crippen LogP contribution is 2.06. The van der Waals surface area contributed by atoms with Crippen molar-refractivity contribution >= 4 is 0 Å². The summed E-state index contributed by atoms with van der Waals surface area (Å²) in [5.74, 6) is 0.658. The lowest BCUT2D eigenvalue weighted by atomic mass is 10.1. The highest BCUT2D eigenvalue weighted by Gasteiger charge is 1.90. The normalized spacial score (nSPS) is 11.3. The summed E-state index contributed by atoms with van der Waals surface area (Å²) < 4.78 is 12.4. The van der Waals surface area contributed by atoms with Crippen LogP contribution in [0.25, 0.3) is 0 Å². The van der Waals surface area contributed by atoms with Gasteiger partial charge in [-0.25, -0.2) is 4.39 Å². The van der Waals surface area contributed by atoms with Gasteiger partial charge in [0.05, 0.1) is 0 Å². The third-order valence-electron chi connectivity index (χ3n) is 1.87. The van der Waals surface area contributed by atoms with Gasteiger partial charge < -0.3 is 5.73 Å². The van der Waals surface area contributed by atoms with Gasteiger partial charge in [0.25, 0.3) is 0 Å². The van der Waals surface area contributed by atoms with Gasteiger partial charge in [-0.2, -0.15) is 0 Å². The molecule has 0 aromatic heterocycles. The van der Waals surface area contributed by atoms with E-state index in [1.54, 1.807) is 6.08 Å². The molecule has 0 bridgehead atoms. The lowest BCUT2D eigenvalue weighted by Crippen LogP contribution is -1.98. The van der Waals surface area contributed by atoms with Gasteiger partial charge in [-0.3, -0.25) is 0 Å². The van der Waals surface area contributed by atoms with E-state index in [-0.39, 0.29) is 12.4 Å². The molecular formula is C14H30FN. The number of hydrogen-bond acceptors (Lipinski definition) is 1. The third kappa shape index (κ3) is 23.4. The van der Waals surface area contributed by atoms with Crippen molar-refractivity contribution in [2.75, 3.05) is 6.54 Å². The summed E-state index contributed by atoms with van der Waals surface area (Å²) in [7, 11) is 0. The predicted molar refractivity (Wildman–Crippen MR) is 72.1 cm³/mol. The zero-order valence-electron chi connectivity index (χ0n) is 11.6. The van der Waals surface area contributed by atoms with Crippen LogP contribution in [0, 0.1) is 5.92 Å². The van der Waals surface area contributed by atoms with Gasteiger partial charge in [-0.1, -0.05) is 59.5 Å². The zero-order valence-corrected chi connectivity index (χ0v) is 11.6. The Kier molecular flexibility index (Phi) is 16.5. The molecule has 0 heterocycles. The van der Waals surface area contributed by atoms with Gasteiger partial charge in [-0.05, 0) is 18.8 Å².